The van der Waals surface area contributed by atoms with E-state index in [1.807, 2.05) is 6.07 Å². The molecule has 1 N–H and O–H groups in total. The highest BCUT2D eigenvalue weighted by Gasteiger charge is 2.37. The molecule has 0 bridgehead atoms. The van der Waals surface area contributed by atoms with Crippen LogP contribution >= 0.6 is 23.2 Å². The minimum Gasteiger partial charge on any atom is -0.490 e. The average Bonchev–Trinajstić information content (AvgIpc) is 2.73. The highest BCUT2D eigenvalue weighted by Crippen LogP contribution is 2.37. The van der Waals surface area contributed by atoms with Crippen LogP contribution in [0.15, 0.2) is 35.9 Å². The largest absolute Gasteiger partial charge is 0.490 e. The number of nitriles is 1. The monoisotopic (exact) mass is 473 g/mol. The molecule has 1 aliphatic heterocycles. The molecule has 0 aliphatic carbocycles. The topological polar surface area (TPSA) is 109 Å². The second-order valence-corrected chi connectivity index (χ2v) is 7.42. The standard InChI is InChI=1S/C22H17Cl2N3O5/c1-3-31-18-10-13(9-17(24)19(18)32-7-6-25)8-15-20(28)26-22(30)27(21(15)29)14-5-4-12(2)16(23)11-14/h4-5,8-11H,3,7H2,1-2H3,(H,26,28,30)/b15-8-. The summed E-state index contributed by atoms with van der Waals surface area (Å²) in [5.41, 5.74) is 1.06. The Labute approximate surface area is 193 Å². The van der Waals surface area contributed by atoms with E-state index in [1.165, 1.54) is 24.3 Å². The fraction of sp³-hybridized carbons (Fsp3) is 0.182. The van der Waals surface area contributed by atoms with Gasteiger partial charge in [-0.15, -0.1) is 0 Å². The Hall–Kier alpha value is -3.54. The second kappa shape index (κ2) is 9.73. The smallest absolute Gasteiger partial charge is 0.335 e. The number of hydrogen-bond acceptors (Lipinski definition) is 6. The molecule has 8 nitrogen and oxygen atoms in total. The van der Waals surface area contributed by atoms with Crippen LogP contribution < -0.4 is 19.7 Å². The lowest BCUT2D eigenvalue weighted by Gasteiger charge is -2.26. The summed E-state index contributed by atoms with van der Waals surface area (Å²) in [6, 6.07) is 8.60. The van der Waals surface area contributed by atoms with Gasteiger partial charge in [0.2, 0.25) is 0 Å². The molecule has 2 aromatic carbocycles. The fourth-order valence-electron chi connectivity index (χ4n) is 2.96. The number of carbonyl (C=O) groups is 3. The van der Waals surface area contributed by atoms with Crippen molar-refractivity contribution in [3.05, 3.63) is 57.1 Å². The van der Waals surface area contributed by atoms with Gasteiger partial charge in [-0.25, -0.2) is 9.69 Å². The molecule has 0 unspecified atom stereocenters. The van der Waals surface area contributed by atoms with Gasteiger partial charge < -0.3 is 9.47 Å². The number of imide groups is 2. The molecule has 10 heteroatoms. The zero-order valence-electron chi connectivity index (χ0n) is 17.1. The SMILES string of the molecule is CCOc1cc(/C=C2/C(=O)NC(=O)N(c3ccc(C)c(Cl)c3)C2=O)cc(Cl)c1OCC#N. The minimum absolute atomic E-state index is 0.125. The third-order valence-electron chi connectivity index (χ3n) is 4.44. The summed E-state index contributed by atoms with van der Waals surface area (Å²) in [5.74, 6) is -1.27. The van der Waals surface area contributed by atoms with Crippen LogP contribution in [0, 0.1) is 18.3 Å². The van der Waals surface area contributed by atoms with Crippen molar-refractivity contribution in [1.29, 1.82) is 5.26 Å². The van der Waals surface area contributed by atoms with Gasteiger partial charge in [0.25, 0.3) is 11.8 Å². The van der Waals surface area contributed by atoms with Crippen LogP contribution in [0.25, 0.3) is 6.08 Å². The van der Waals surface area contributed by atoms with Gasteiger partial charge in [-0.2, -0.15) is 5.26 Å². The van der Waals surface area contributed by atoms with Gasteiger partial charge in [-0.3, -0.25) is 14.9 Å². The first-order valence-corrected chi connectivity index (χ1v) is 10.2. The zero-order chi connectivity index (χ0) is 23.4. The van der Waals surface area contributed by atoms with Crippen molar-refractivity contribution in [2.75, 3.05) is 18.1 Å². The van der Waals surface area contributed by atoms with Gasteiger partial charge in [-0.05, 0) is 55.3 Å². The molecule has 1 saturated heterocycles. The number of ether oxygens (including phenoxy) is 2. The van der Waals surface area contributed by atoms with Crippen molar-refractivity contribution in [2.24, 2.45) is 0 Å². The van der Waals surface area contributed by atoms with Crippen LogP contribution in [0.2, 0.25) is 10.0 Å². The van der Waals surface area contributed by atoms with Gasteiger partial charge in [0, 0.05) is 5.02 Å². The Balaban J connectivity index is 2.03. The number of rotatable bonds is 6. The first-order valence-electron chi connectivity index (χ1n) is 9.40. The number of aryl methyl sites for hydroxylation is 1. The Morgan fingerprint density at radius 1 is 1.12 bits per heavy atom. The predicted molar refractivity (Wildman–Crippen MR) is 119 cm³/mol. The van der Waals surface area contributed by atoms with Crippen molar-refractivity contribution < 1.29 is 23.9 Å². The van der Waals surface area contributed by atoms with E-state index in [1.54, 1.807) is 26.0 Å². The molecule has 3 rings (SSSR count). The molecule has 2 aromatic rings. The number of benzene rings is 2. The van der Waals surface area contributed by atoms with Crippen molar-refractivity contribution in [1.82, 2.24) is 5.32 Å². The normalized spacial score (nSPS) is 14.9. The van der Waals surface area contributed by atoms with Gasteiger partial charge in [-0.1, -0.05) is 29.3 Å². The van der Waals surface area contributed by atoms with Gasteiger partial charge in [0.1, 0.15) is 11.6 Å². The van der Waals surface area contributed by atoms with E-state index < -0.39 is 17.8 Å². The first-order chi connectivity index (χ1) is 15.3. The van der Waals surface area contributed by atoms with Crippen molar-refractivity contribution in [2.45, 2.75) is 13.8 Å². The summed E-state index contributed by atoms with van der Waals surface area (Å²) < 4.78 is 10.8. The third-order valence-corrected chi connectivity index (χ3v) is 5.13. The number of carbonyl (C=O) groups excluding carboxylic acids is 3. The second-order valence-electron chi connectivity index (χ2n) is 6.60. The maximum Gasteiger partial charge on any atom is 0.335 e. The van der Waals surface area contributed by atoms with Crippen LogP contribution in [0.1, 0.15) is 18.1 Å². The number of barbiturate groups is 1. The fourth-order valence-corrected chi connectivity index (χ4v) is 3.41. The average molecular weight is 474 g/mol. The maximum atomic E-state index is 13.1. The van der Waals surface area contributed by atoms with Crippen LogP contribution in [-0.4, -0.2) is 31.1 Å². The third kappa shape index (κ3) is 4.69. The van der Waals surface area contributed by atoms with E-state index in [9.17, 15) is 14.4 Å². The number of nitrogens with one attached hydrogen (secondary N) is 1. The van der Waals surface area contributed by atoms with E-state index in [0.29, 0.717) is 10.6 Å². The highest BCUT2D eigenvalue weighted by atomic mass is 35.5. The number of anilines is 1. The molecule has 1 aliphatic rings. The Morgan fingerprint density at radius 3 is 2.53 bits per heavy atom. The van der Waals surface area contributed by atoms with E-state index in [-0.39, 0.29) is 41.0 Å². The minimum atomic E-state index is -0.884. The Bertz CT molecular complexity index is 1190. The van der Waals surface area contributed by atoms with Crippen molar-refractivity contribution in [3.8, 4) is 17.6 Å². The van der Waals surface area contributed by atoms with E-state index >= 15 is 0 Å². The van der Waals surface area contributed by atoms with Crippen LogP contribution in [0.3, 0.4) is 0 Å². The molecule has 0 spiro atoms. The summed E-state index contributed by atoms with van der Waals surface area (Å²) in [6.45, 7) is 3.58. The Kier molecular flexibility index (Phi) is 7.03. The molecule has 0 aromatic heterocycles. The summed E-state index contributed by atoms with van der Waals surface area (Å²) in [7, 11) is 0. The van der Waals surface area contributed by atoms with Crippen molar-refractivity contribution in [3.63, 3.8) is 0 Å². The molecule has 32 heavy (non-hydrogen) atoms. The summed E-state index contributed by atoms with van der Waals surface area (Å²) in [5, 5.41) is 11.4. The van der Waals surface area contributed by atoms with Gasteiger partial charge >= 0.3 is 6.03 Å². The molecule has 0 radical (unpaired) electrons. The quantitative estimate of drug-likeness (QED) is 0.495. The first kappa shape index (κ1) is 23.1. The number of amides is 4. The molecular formula is C22H17Cl2N3O5. The summed E-state index contributed by atoms with van der Waals surface area (Å²) in [4.78, 5) is 38.7. The summed E-state index contributed by atoms with van der Waals surface area (Å²) in [6.07, 6.45) is 1.29. The number of hydrogen-bond donors (Lipinski definition) is 1. The lowest BCUT2D eigenvalue weighted by atomic mass is 10.1. The lowest BCUT2D eigenvalue weighted by Crippen LogP contribution is -2.54. The van der Waals surface area contributed by atoms with Gasteiger partial charge in [0.05, 0.1) is 17.3 Å². The maximum absolute atomic E-state index is 13.1. The van der Waals surface area contributed by atoms with E-state index in [4.69, 9.17) is 37.9 Å². The van der Waals surface area contributed by atoms with E-state index in [2.05, 4.69) is 5.32 Å². The molecule has 1 heterocycles. The molecule has 4 amide bonds. The van der Waals surface area contributed by atoms with Crippen LogP contribution in [0.4, 0.5) is 10.5 Å². The zero-order valence-corrected chi connectivity index (χ0v) is 18.6. The summed E-state index contributed by atoms with van der Waals surface area (Å²) >= 11 is 12.4. The van der Waals surface area contributed by atoms with E-state index in [0.717, 1.165) is 10.5 Å². The number of urea groups is 1. The number of halogens is 2. The Morgan fingerprint density at radius 2 is 1.88 bits per heavy atom. The van der Waals surface area contributed by atoms with Crippen LogP contribution in [-0.2, 0) is 9.59 Å². The van der Waals surface area contributed by atoms with Crippen molar-refractivity contribution >= 4 is 52.8 Å². The van der Waals surface area contributed by atoms with Crippen LogP contribution in [0.5, 0.6) is 11.5 Å². The highest BCUT2D eigenvalue weighted by molar-refractivity contribution is 6.39. The lowest BCUT2D eigenvalue weighted by molar-refractivity contribution is -0.122. The molecule has 0 atom stereocenters. The molecular weight excluding hydrogens is 457 g/mol. The predicted octanol–water partition coefficient (Wildman–Crippen LogP) is 4.27. The molecule has 0 saturated carbocycles. The van der Waals surface area contributed by atoms with Gasteiger partial charge in [0.15, 0.2) is 18.1 Å². The molecule has 1 fully saturated rings. The molecule has 164 valence electrons. The number of nitrogens with zero attached hydrogens (tertiary/aromatic N) is 2.